The Kier molecular flexibility index (Phi) is 2.13. The normalized spacial score (nSPS) is 13.8. The van der Waals surface area contributed by atoms with E-state index >= 15 is 0 Å². The first-order chi connectivity index (χ1) is 2.64. The minimum Gasteiger partial charge on any atom is -0.371 e. The lowest BCUT2D eigenvalue weighted by atomic mass is 10.6. The SMILES string of the molecule is C=C(F)C(O)Cl. The Hall–Kier alpha value is -0.0800. The van der Waals surface area contributed by atoms with Crippen molar-refractivity contribution in [1.29, 1.82) is 0 Å². The van der Waals surface area contributed by atoms with Crippen molar-refractivity contribution < 1.29 is 9.50 Å². The number of hydrogen-bond donors (Lipinski definition) is 1. The summed E-state index contributed by atoms with van der Waals surface area (Å²) in [6.07, 6.45) is 0. The van der Waals surface area contributed by atoms with Gasteiger partial charge in [0.2, 0.25) is 0 Å². The van der Waals surface area contributed by atoms with E-state index in [-0.39, 0.29) is 0 Å². The Labute approximate surface area is 40.0 Å². The number of aliphatic hydroxyl groups is 1. The van der Waals surface area contributed by atoms with Crippen LogP contribution in [-0.4, -0.2) is 10.7 Å². The summed E-state index contributed by atoms with van der Waals surface area (Å²) in [6, 6.07) is 0. The molecule has 0 aliphatic heterocycles. The topological polar surface area (TPSA) is 20.2 Å². The van der Waals surface area contributed by atoms with Crippen LogP contribution in [0.4, 0.5) is 4.39 Å². The van der Waals surface area contributed by atoms with E-state index in [0.717, 1.165) is 0 Å². The Balaban J connectivity index is 3.26. The molecule has 0 amide bonds. The molecule has 36 valence electrons. The van der Waals surface area contributed by atoms with Crippen LogP contribution in [0.1, 0.15) is 0 Å². The molecular formula is C3H4ClFO. The van der Waals surface area contributed by atoms with Gasteiger partial charge in [-0.05, 0) is 0 Å². The van der Waals surface area contributed by atoms with Gasteiger partial charge in [-0.2, -0.15) is 0 Å². The van der Waals surface area contributed by atoms with Crippen molar-refractivity contribution in [2.75, 3.05) is 0 Å². The van der Waals surface area contributed by atoms with E-state index in [1.807, 2.05) is 0 Å². The largest absolute Gasteiger partial charge is 0.371 e. The lowest BCUT2D eigenvalue weighted by Crippen LogP contribution is -1.92. The molecule has 0 aromatic heterocycles. The van der Waals surface area contributed by atoms with Crippen molar-refractivity contribution in [2.45, 2.75) is 5.56 Å². The van der Waals surface area contributed by atoms with Crippen LogP contribution >= 0.6 is 11.6 Å². The zero-order chi connectivity index (χ0) is 5.15. The molecule has 0 saturated carbocycles. The molecule has 0 aliphatic rings. The molecule has 1 atom stereocenters. The predicted molar refractivity (Wildman–Crippen MR) is 22.1 cm³/mol. The maximum Gasteiger partial charge on any atom is 0.179 e. The van der Waals surface area contributed by atoms with Crippen LogP contribution in [0.5, 0.6) is 0 Å². The maximum absolute atomic E-state index is 11.2. The minimum atomic E-state index is -1.54. The number of alkyl halides is 1. The summed E-state index contributed by atoms with van der Waals surface area (Å²) in [5.41, 5.74) is -1.54. The summed E-state index contributed by atoms with van der Waals surface area (Å²) < 4.78 is 11.2. The van der Waals surface area contributed by atoms with E-state index in [1.165, 1.54) is 0 Å². The van der Waals surface area contributed by atoms with Crippen molar-refractivity contribution in [2.24, 2.45) is 0 Å². The molecule has 6 heavy (non-hydrogen) atoms. The van der Waals surface area contributed by atoms with Gasteiger partial charge in [0.15, 0.2) is 5.56 Å². The van der Waals surface area contributed by atoms with Gasteiger partial charge in [0.1, 0.15) is 5.83 Å². The van der Waals surface area contributed by atoms with Crippen LogP contribution in [0.25, 0.3) is 0 Å². The Morgan fingerprint density at radius 3 is 2.17 bits per heavy atom. The molecule has 3 heteroatoms. The van der Waals surface area contributed by atoms with Gasteiger partial charge in [0.05, 0.1) is 0 Å². The van der Waals surface area contributed by atoms with Gasteiger partial charge in [0.25, 0.3) is 0 Å². The van der Waals surface area contributed by atoms with E-state index < -0.39 is 11.4 Å². The van der Waals surface area contributed by atoms with Crippen LogP contribution in [0.2, 0.25) is 0 Å². The first-order valence-corrected chi connectivity index (χ1v) is 1.74. The van der Waals surface area contributed by atoms with Crippen LogP contribution < -0.4 is 0 Å². The fourth-order valence-electron chi connectivity index (χ4n) is 0. The van der Waals surface area contributed by atoms with Crippen molar-refractivity contribution in [1.82, 2.24) is 0 Å². The maximum atomic E-state index is 11.2. The second-order valence-corrected chi connectivity index (χ2v) is 1.20. The average Bonchev–Trinajstić information content (AvgIpc) is 1.36. The molecule has 1 N–H and O–H groups in total. The van der Waals surface area contributed by atoms with Crippen LogP contribution in [0.15, 0.2) is 12.4 Å². The molecule has 0 spiro atoms. The molecule has 1 nitrogen and oxygen atoms in total. The third-order valence-corrected chi connectivity index (χ3v) is 0.495. The highest BCUT2D eigenvalue weighted by molar-refractivity contribution is 6.20. The van der Waals surface area contributed by atoms with Gasteiger partial charge < -0.3 is 5.11 Å². The second kappa shape index (κ2) is 2.16. The first kappa shape index (κ1) is 5.92. The van der Waals surface area contributed by atoms with Gasteiger partial charge in [-0.25, -0.2) is 4.39 Å². The highest BCUT2D eigenvalue weighted by Gasteiger charge is 1.98. The van der Waals surface area contributed by atoms with Crippen molar-refractivity contribution in [3.8, 4) is 0 Å². The number of aliphatic hydroxyl groups excluding tert-OH is 1. The standard InChI is InChI=1S/C3H4ClFO/c1-2(5)3(4)6/h3,6H,1H2. The number of hydrogen-bond acceptors (Lipinski definition) is 1. The molecular weight excluding hydrogens is 106 g/mol. The molecule has 0 radical (unpaired) electrons. The molecule has 0 aromatic rings. The molecule has 0 rings (SSSR count). The van der Waals surface area contributed by atoms with E-state index in [2.05, 4.69) is 6.58 Å². The van der Waals surface area contributed by atoms with Gasteiger partial charge in [-0.1, -0.05) is 18.2 Å². The first-order valence-electron chi connectivity index (χ1n) is 1.31. The molecule has 0 heterocycles. The van der Waals surface area contributed by atoms with Crippen LogP contribution in [-0.2, 0) is 0 Å². The van der Waals surface area contributed by atoms with Gasteiger partial charge in [-0.15, -0.1) is 0 Å². The number of halogens is 2. The van der Waals surface area contributed by atoms with E-state index in [9.17, 15) is 4.39 Å². The minimum absolute atomic E-state index is 0.920. The smallest absolute Gasteiger partial charge is 0.179 e. The van der Waals surface area contributed by atoms with Gasteiger partial charge in [-0.3, -0.25) is 0 Å². The van der Waals surface area contributed by atoms with Crippen LogP contribution in [0.3, 0.4) is 0 Å². The zero-order valence-corrected chi connectivity index (χ0v) is 3.74. The Morgan fingerprint density at radius 2 is 2.17 bits per heavy atom. The summed E-state index contributed by atoms with van der Waals surface area (Å²) in [7, 11) is 0. The lowest BCUT2D eigenvalue weighted by Gasteiger charge is -1.89. The Bertz CT molecular complexity index is 61.8. The molecule has 0 aliphatic carbocycles. The quantitative estimate of drug-likeness (QED) is 0.500. The monoisotopic (exact) mass is 110 g/mol. The highest BCUT2D eigenvalue weighted by atomic mass is 35.5. The van der Waals surface area contributed by atoms with Crippen molar-refractivity contribution >= 4 is 11.6 Å². The summed E-state index contributed by atoms with van der Waals surface area (Å²) in [6.45, 7) is 2.71. The molecule has 0 bridgehead atoms. The van der Waals surface area contributed by atoms with Crippen molar-refractivity contribution in [3.05, 3.63) is 12.4 Å². The molecule has 1 unspecified atom stereocenters. The zero-order valence-electron chi connectivity index (χ0n) is 2.99. The Morgan fingerprint density at radius 1 is 2.00 bits per heavy atom. The van der Waals surface area contributed by atoms with Crippen LogP contribution in [0, 0.1) is 0 Å². The average molecular weight is 111 g/mol. The number of rotatable bonds is 1. The van der Waals surface area contributed by atoms with Gasteiger partial charge in [0, 0.05) is 0 Å². The summed E-state index contributed by atoms with van der Waals surface area (Å²) >= 11 is 4.69. The fraction of sp³-hybridized carbons (Fsp3) is 0.333. The second-order valence-electron chi connectivity index (χ2n) is 0.783. The summed E-state index contributed by atoms with van der Waals surface area (Å²) in [5.74, 6) is -0.920. The summed E-state index contributed by atoms with van der Waals surface area (Å²) in [4.78, 5) is 0. The third-order valence-electron chi connectivity index (χ3n) is 0.258. The molecule has 0 fully saturated rings. The third kappa shape index (κ3) is 2.18. The van der Waals surface area contributed by atoms with Crippen molar-refractivity contribution in [3.63, 3.8) is 0 Å². The van der Waals surface area contributed by atoms with E-state index in [4.69, 9.17) is 16.7 Å². The van der Waals surface area contributed by atoms with E-state index in [1.54, 1.807) is 0 Å². The molecule has 0 aromatic carbocycles. The van der Waals surface area contributed by atoms with E-state index in [0.29, 0.717) is 0 Å². The van der Waals surface area contributed by atoms with Gasteiger partial charge >= 0.3 is 0 Å². The highest BCUT2D eigenvalue weighted by Crippen LogP contribution is 2.02. The lowest BCUT2D eigenvalue weighted by molar-refractivity contribution is 0.260. The predicted octanol–water partition coefficient (Wildman–Crippen LogP) is 1.03. The fourth-order valence-corrected chi connectivity index (χ4v) is 0. The summed E-state index contributed by atoms with van der Waals surface area (Å²) in [5, 5.41) is 7.92. The molecule has 0 saturated heterocycles.